The molecule has 90 valence electrons. The summed E-state index contributed by atoms with van der Waals surface area (Å²) in [4.78, 5) is 20.7. The van der Waals surface area contributed by atoms with Gasteiger partial charge in [-0.05, 0) is 17.7 Å². The average molecular weight is 259 g/mol. The molecule has 0 bridgehead atoms. The van der Waals surface area contributed by atoms with Crippen molar-refractivity contribution in [3.05, 3.63) is 47.5 Å². The van der Waals surface area contributed by atoms with E-state index in [4.69, 9.17) is 0 Å². The molecule has 0 aliphatic rings. The molecule has 0 atom stereocenters. The first-order valence-corrected chi connectivity index (χ1v) is 6.17. The largest absolute Gasteiger partial charge is 0.347 e. The molecule has 0 aliphatic carbocycles. The quantitative estimate of drug-likeness (QED) is 0.765. The van der Waals surface area contributed by atoms with Gasteiger partial charge < -0.3 is 5.32 Å². The maximum atomic E-state index is 11.9. The Morgan fingerprint density at radius 2 is 2.22 bits per heavy atom. The summed E-state index contributed by atoms with van der Waals surface area (Å²) in [6, 6.07) is 3.71. The van der Waals surface area contributed by atoms with E-state index < -0.39 is 0 Å². The molecule has 0 fully saturated rings. The molecule has 3 rings (SSSR count). The second-order valence-corrected chi connectivity index (χ2v) is 4.44. The normalized spacial score (nSPS) is 10.7. The van der Waals surface area contributed by atoms with Gasteiger partial charge in [-0.25, -0.2) is 9.50 Å². The summed E-state index contributed by atoms with van der Waals surface area (Å²) >= 11 is 1.39. The number of aromatic nitrogens is 4. The minimum atomic E-state index is -0.204. The molecule has 0 saturated carbocycles. The van der Waals surface area contributed by atoms with Crippen molar-refractivity contribution >= 4 is 22.2 Å². The van der Waals surface area contributed by atoms with Gasteiger partial charge in [0.1, 0.15) is 11.2 Å². The molecular weight excluding hydrogens is 250 g/mol. The number of nitrogens with one attached hydrogen (secondary N) is 1. The predicted octanol–water partition coefficient (Wildman–Crippen LogP) is 1.12. The molecule has 3 aromatic rings. The summed E-state index contributed by atoms with van der Waals surface area (Å²) in [7, 11) is 0. The Balaban J connectivity index is 1.70. The van der Waals surface area contributed by atoms with Crippen LogP contribution < -0.4 is 5.32 Å². The SMILES string of the molecule is O=C(NCc1ccncc1)c1cn2ncsc2n1. The van der Waals surface area contributed by atoms with Crippen LogP contribution in [0.1, 0.15) is 16.1 Å². The summed E-state index contributed by atoms with van der Waals surface area (Å²) < 4.78 is 1.59. The van der Waals surface area contributed by atoms with Crippen LogP contribution in [0.3, 0.4) is 0 Å². The molecule has 0 saturated heterocycles. The van der Waals surface area contributed by atoms with E-state index in [1.165, 1.54) is 11.3 Å². The van der Waals surface area contributed by atoms with Gasteiger partial charge in [0, 0.05) is 18.9 Å². The van der Waals surface area contributed by atoms with Crippen LogP contribution in [0.15, 0.2) is 36.2 Å². The van der Waals surface area contributed by atoms with Gasteiger partial charge in [-0.3, -0.25) is 9.78 Å². The van der Waals surface area contributed by atoms with E-state index in [0.29, 0.717) is 17.2 Å². The Hall–Kier alpha value is -2.28. The number of fused-ring (bicyclic) bond motifs is 1. The maximum Gasteiger partial charge on any atom is 0.271 e. The smallest absolute Gasteiger partial charge is 0.271 e. The highest BCUT2D eigenvalue weighted by molar-refractivity contribution is 7.14. The number of rotatable bonds is 3. The van der Waals surface area contributed by atoms with Crippen molar-refractivity contribution in [2.24, 2.45) is 0 Å². The number of amides is 1. The maximum absolute atomic E-state index is 11.9. The number of hydrogen-bond donors (Lipinski definition) is 1. The number of imidazole rings is 1. The predicted molar refractivity (Wildman–Crippen MR) is 66.3 cm³/mol. The van der Waals surface area contributed by atoms with E-state index in [2.05, 4.69) is 20.4 Å². The first-order chi connectivity index (χ1) is 8.83. The third-order valence-electron chi connectivity index (χ3n) is 2.42. The molecule has 1 N–H and O–H groups in total. The molecule has 0 spiro atoms. The molecular formula is C11H9N5OS. The number of carbonyl (C=O) groups excluding carboxylic acids is 1. The molecule has 0 aromatic carbocycles. The van der Waals surface area contributed by atoms with Gasteiger partial charge in [-0.15, -0.1) is 0 Å². The molecule has 0 unspecified atom stereocenters. The summed E-state index contributed by atoms with van der Waals surface area (Å²) in [5.74, 6) is -0.204. The van der Waals surface area contributed by atoms with Gasteiger partial charge in [-0.1, -0.05) is 11.3 Å². The van der Waals surface area contributed by atoms with Crippen molar-refractivity contribution < 1.29 is 4.79 Å². The van der Waals surface area contributed by atoms with Crippen molar-refractivity contribution in [2.45, 2.75) is 6.54 Å². The van der Waals surface area contributed by atoms with E-state index in [0.717, 1.165) is 5.56 Å². The number of pyridine rings is 1. The van der Waals surface area contributed by atoms with E-state index in [1.54, 1.807) is 28.6 Å². The fraction of sp³-hybridized carbons (Fsp3) is 0.0909. The lowest BCUT2D eigenvalue weighted by molar-refractivity contribution is 0.0946. The van der Waals surface area contributed by atoms with Gasteiger partial charge in [0.05, 0.1) is 6.20 Å². The molecule has 0 aliphatic heterocycles. The molecule has 1 amide bonds. The minimum absolute atomic E-state index is 0.204. The second-order valence-electron chi connectivity index (χ2n) is 3.63. The standard InChI is InChI=1S/C11H9N5OS/c17-10(13-5-8-1-3-12-4-2-8)9-6-16-11(15-9)18-7-14-16/h1-4,6-7H,5H2,(H,13,17). The zero-order chi connectivity index (χ0) is 12.4. The van der Waals surface area contributed by atoms with E-state index in [9.17, 15) is 4.79 Å². The lowest BCUT2D eigenvalue weighted by Gasteiger charge is -2.02. The fourth-order valence-electron chi connectivity index (χ4n) is 1.52. The average Bonchev–Trinajstić information content (AvgIpc) is 2.98. The summed E-state index contributed by atoms with van der Waals surface area (Å²) in [5, 5.41) is 6.82. The Morgan fingerprint density at radius 1 is 1.39 bits per heavy atom. The van der Waals surface area contributed by atoms with Gasteiger partial charge in [0.15, 0.2) is 0 Å². The van der Waals surface area contributed by atoms with Gasteiger partial charge in [0.25, 0.3) is 5.91 Å². The second kappa shape index (κ2) is 4.53. The van der Waals surface area contributed by atoms with Crippen molar-refractivity contribution in [1.29, 1.82) is 0 Å². The molecule has 7 heteroatoms. The van der Waals surface area contributed by atoms with Crippen molar-refractivity contribution in [1.82, 2.24) is 24.9 Å². The van der Waals surface area contributed by atoms with Crippen molar-refractivity contribution in [3.8, 4) is 0 Å². The Bertz CT molecular complexity index is 646. The molecule has 3 heterocycles. The fourth-order valence-corrected chi connectivity index (χ4v) is 2.12. The molecule has 3 aromatic heterocycles. The van der Waals surface area contributed by atoms with Gasteiger partial charge in [-0.2, -0.15) is 5.10 Å². The first-order valence-electron chi connectivity index (χ1n) is 5.29. The summed E-state index contributed by atoms with van der Waals surface area (Å²) in [6.07, 6.45) is 5.00. The lowest BCUT2D eigenvalue weighted by Crippen LogP contribution is -2.23. The Labute approximate surface area is 106 Å². The third kappa shape index (κ3) is 2.07. The van der Waals surface area contributed by atoms with Crippen LogP contribution in [0.4, 0.5) is 0 Å². The molecule has 18 heavy (non-hydrogen) atoms. The van der Waals surface area contributed by atoms with Crippen LogP contribution in [-0.4, -0.2) is 25.5 Å². The van der Waals surface area contributed by atoms with Crippen LogP contribution in [0, 0.1) is 0 Å². The monoisotopic (exact) mass is 259 g/mol. The van der Waals surface area contributed by atoms with E-state index in [1.807, 2.05) is 12.1 Å². The minimum Gasteiger partial charge on any atom is -0.347 e. The summed E-state index contributed by atoms with van der Waals surface area (Å²) in [6.45, 7) is 0.458. The Kier molecular flexibility index (Phi) is 2.73. The number of hydrogen-bond acceptors (Lipinski definition) is 5. The lowest BCUT2D eigenvalue weighted by atomic mass is 10.2. The highest BCUT2D eigenvalue weighted by atomic mass is 32.1. The van der Waals surface area contributed by atoms with Gasteiger partial charge >= 0.3 is 0 Å². The highest BCUT2D eigenvalue weighted by Crippen LogP contribution is 2.08. The third-order valence-corrected chi connectivity index (χ3v) is 3.11. The topological polar surface area (TPSA) is 72.2 Å². The van der Waals surface area contributed by atoms with Crippen LogP contribution >= 0.6 is 11.3 Å². The van der Waals surface area contributed by atoms with Crippen LogP contribution in [-0.2, 0) is 6.54 Å². The van der Waals surface area contributed by atoms with E-state index in [-0.39, 0.29) is 5.91 Å². The zero-order valence-electron chi connectivity index (χ0n) is 9.28. The van der Waals surface area contributed by atoms with Crippen molar-refractivity contribution in [3.63, 3.8) is 0 Å². The van der Waals surface area contributed by atoms with Crippen molar-refractivity contribution in [2.75, 3.05) is 0 Å². The first kappa shape index (κ1) is 10.8. The zero-order valence-corrected chi connectivity index (χ0v) is 10.1. The van der Waals surface area contributed by atoms with Crippen LogP contribution in [0.2, 0.25) is 0 Å². The molecule has 0 radical (unpaired) electrons. The summed E-state index contributed by atoms with van der Waals surface area (Å²) in [5.41, 5.74) is 3.06. The highest BCUT2D eigenvalue weighted by Gasteiger charge is 2.11. The van der Waals surface area contributed by atoms with Crippen LogP contribution in [0.5, 0.6) is 0 Å². The molecule has 6 nitrogen and oxygen atoms in total. The van der Waals surface area contributed by atoms with Crippen LogP contribution in [0.25, 0.3) is 4.96 Å². The Morgan fingerprint density at radius 3 is 3.00 bits per heavy atom. The van der Waals surface area contributed by atoms with Gasteiger partial charge in [0.2, 0.25) is 4.96 Å². The number of carbonyl (C=O) groups is 1. The van der Waals surface area contributed by atoms with E-state index >= 15 is 0 Å². The number of nitrogens with zero attached hydrogens (tertiary/aromatic N) is 4.